The molecule has 2 rings (SSSR count). The molecule has 1 aromatic carbocycles. The van der Waals surface area contributed by atoms with Crippen LogP contribution in [0.1, 0.15) is 11.3 Å². The van der Waals surface area contributed by atoms with Crippen LogP contribution in [0, 0.1) is 0 Å². The first kappa shape index (κ1) is 10.6. The minimum atomic E-state index is 0.406. The second kappa shape index (κ2) is 4.77. The molecule has 0 atom stereocenters. The fourth-order valence-corrected chi connectivity index (χ4v) is 1.59. The van der Waals surface area contributed by atoms with Crippen molar-refractivity contribution in [2.45, 2.75) is 0 Å². The van der Waals surface area contributed by atoms with Crippen LogP contribution in [0.25, 0.3) is 0 Å². The summed E-state index contributed by atoms with van der Waals surface area (Å²) in [7, 11) is 0. The van der Waals surface area contributed by atoms with Crippen molar-refractivity contribution in [1.82, 2.24) is 4.98 Å². The van der Waals surface area contributed by atoms with Crippen LogP contribution in [0.3, 0.4) is 0 Å². The quantitative estimate of drug-likeness (QED) is 0.492. The number of oxime groups is 1. The van der Waals surface area contributed by atoms with Gasteiger partial charge in [0.2, 0.25) is 0 Å². The van der Waals surface area contributed by atoms with Crippen LogP contribution in [0.15, 0.2) is 53.8 Å². The molecule has 1 N–H and O–H groups in total. The number of benzene rings is 1. The second-order valence-corrected chi connectivity index (χ2v) is 3.61. The fourth-order valence-electron chi connectivity index (χ4n) is 1.40. The van der Waals surface area contributed by atoms with Crippen LogP contribution in [0.2, 0.25) is 5.02 Å². The van der Waals surface area contributed by atoms with Gasteiger partial charge in [0.15, 0.2) is 0 Å². The molecule has 0 fully saturated rings. The standard InChI is InChI=1S/C12H9ClN2O/c13-10-5-3-4-9(8-10)12(15-16)11-6-1-2-7-14-11/h1-8,16H. The molecule has 3 nitrogen and oxygen atoms in total. The van der Waals surface area contributed by atoms with Crippen LogP contribution < -0.4 is 0 Å². The molecule has 0 aliphatic rings. The summed E-state index contributed by atoms with van der Waals surface area (Å²) in [5.41, 5.74) is 1.74. The lowest BCUT2D eigenvalue weighted by atomic mass is 10.1. The van der Waals surface area contributed by atoms with E-state index in [0.717, 1.165) is 5.56 Å². The van der Waals surface area contributed by atoms with Gasteiger partial charge in [-0.15, -0.1) is 0 Å². The zero-order valence-electron chi connectivity index (χ0n) is 8.34. The molecule has 0 radical (unpaired) electrons. The fraction of sp³-hybridized carbons (Fsp3) is 0. The molecular weight excluding hydrogens is 224 g/mol. The second-order valence-electron chi connectivity index (χ2n) is 3.17. The smallest absolute Gasteiger partial charge is 0.135 e. The van der Waals surface area contributed by atoms with Crippen molar-refractivity contribution in [2.75, 3.05) is 0 Å². The molecule has 0 spiro atoms. The zero-order chi connectivity index (χ0) is 11.4. The van der Waals surface area contributed by atoms with Crippen molar-refractivity contribution in [3.05, 3.63) is 64.9 Å². The van der Waals surface area contributed by atoms with Crippen LogP contribution in [0.5, 0.6) is 0 Å². The van der Waals surface area contributed by atoms with Gasteiger partial charge >= 0.3 is 0 Å². The van der Waals surface area contributed by atoms with Gasteiger partial charge in [-0.1, -0.05) is 35.0 Å². The van der Waals surface area contributed by atoms with E-state index in [9.17, 15) is 0 Å². The van der Waals surface area contributed by atoms with Gasteiger partial charge < -0.3 is 5.21 Å². The topological polar surface area (TPSA) is 45.5 Å². The lowest BCUT2D eigenvalue weighted by Crippen LogP contribution is -2.05. The molecule has 0 bridgehead atoms. The maximum Gasteiger partial charge on any atom is 0.135 e. The molecule has 0 saturated heterocycles. The van der Waals surface area contributed by atoms with E-state index in [1.54, 1.807) is 36.5 Å². The van der Waals surface area contributed by atoms with Crippen LogP contribution in [0.4, 0.5) is 0 Å². The summed E-state index contributed by atoms with van der Waals surface area (Å²) in [5.74, 6) is 0. The van der Waals surface area contributed by atoms with Gasteiger partial charge in [-0.25, -0.2) is 0 Å². The number of aromatic nitrogens is 1. The summed E-state index contributed by atoms with van der Waals surface area (Å²) < 4.78 is 0. The normalized spacial score (nSPS) is 11.4. The monoisotopic (exact) mass is 232 g/mol. The lowest BCUT2D eigenvalue weighted by Gasteiger charge is -2.03. The van der Waals surface area contributed by atoms with Crippen LogP contribution >= 0.6 is 11.6 Å². The Balaban J connectivity index is 2.46. The Labute approximate surface area is 98.0 Å². The number of halogens is 1. The molecule has 0 saturated carbocycles. The van der Waals surface area contributed by atoms with E-state index in [1.807, 2.05) is 12.1 Å². The van der Waals surface area contributed by atoms with Gasteiger partial charge in [0.05, 0.1) is 5.69 Å². The van der Waals surface area contributed by atoms with Gasteiger partial charge in [0, 0.05) is 16.8 Å². The molecule has 0 unspecified atom stereocenters. The average molecular weight is 233 g/mol. The average Bonchev–Trinajstić information content (AvgIpc) is 2.31. The Hall–Kier alpha value is -1.87. The Morgan fingerprint density at radius 3 is 2.69 bits per heavy atom. The molecule has 0 amide bonds. The van der Waals surface area contributed by atoms with E-state index >= 15 is 0 Å². The van der Waals surface area contributed by atoms with Crippen molar-refractivity contribution in [3.8, 4) is 0 Å². The minimum Gasteiger partial charge on any atom is -0.410 e. The van der Waals surface area contributed by atoms with Gasteiger partial charge in [-0.2, -0.15) is 0 Å². The van der Waals surface area contributed by atoms with Gasteiger partial charge in [0.1, 0.15) is 5.71 Å². The molecule has 2 aromatic rings. The zero-order valence-corrected chi connectivity index (χ0v) is 9.09. The first-order valence-corrected chi connectivity index (χ1v) is 5.08. The summed E-state index contributed by atoms with van der Waals surface area (Å²) in [6.45, 7) is 0. The third-order valence-corrected chi connectivity index (χ3v) is 2.34. The minimum absolute atomic E-state index is 0.406. The van der Waals surface area contributed by atoms with Crippen molar-refractivity contribution in [1.29, 1.82) is 0 Å². The number of rotatable bonds is 2. The van der Waals surface area contributed by atoms with Gasteiger partial charge in [-0.3, -0.25) is 4.98 Å². The Bertz CT molecular complexity index is 511. The largest absolute Gasteiger partial charge is 0.410 e. The number of pyridine rings is 1. The number of hydrogen-bond acceptors (Lipinski definition) is 3. The maximum absolute atomic E-state index is 9.03. The Morgan fingerprint density at radius 1 is 1.19 bits per heavy atom. The van der Waals surface area contributed by atoms with Crippen LogP contribution in [-0.2, 0) is 0 Å². The molecular formula is C12H9ClN2O. The predicted octanol–water partition coefficient (Wildman–Crippen LogP) is 2.96. The van der Waals surface area contributed by atoms with E-state index in [0.29, 0.717) is 16.4 Å². The molecule has 16 heavy (non-hydrogen) atoms. The Kier molecular flexibility index (Phi) is 3.17. The predicted molar refractivity (Wildman–Crippen MR) is 63.1 cm³/mol. The van der Waals surface area contributed by atoms with E-state index in [2.05, 4.69) is 10.1 Å². The van der Waals surface area contributed by atoms with Crippen LogP contribution in [-0.4, -0.2) is 15.9 Å². The highest BCUT2D eigenvalue weighted by Crippen LogP contribution is 2.14. The SMILES string of the molecule is ON=C(c1cccc(Cl)c1)c1ccccn1. The van der Waals surface area contributed by atoms with E-state index in [4.69, 9.17) is 16.8 Å². The first-order chi connectivity index (χ1) is 7.81. The van der Waals surface area contributed by atoms with E-state index in [1.165, 1.54) is 0 Å². The van der Waals surface area contributed by atoms with Crippen molar-refractivity contribution < 1.29 is 5.21 Å². The molecule has 4 heteroatoms. The van der Waals surface area contributed by atoms with Crippen molar-refractivity contribution in [2.24, 2.45) is 5.16 Å². The first-order valence-electron chi connectivity index (χ1n) is 4.70. The van der Waals surface area contributed by atoms with Gasteiger partial charge in [-0.05, 0) is 24.3 Å². The van der Waals surface area contributed by atoms with Crippen molar-refractivity contribution >= 4 is 17.3 Å². The summed E-state index contributed by atoms with van der Waals surface area (Å²) >= 11 is 5.88. The third-order valence-electron chi connectivity index (χ3n) is 2.11. The highest BCUT2D eigenvalue weighted by molar-refractivity contribution is 6.31. The molecule has 0 aliphatic heterocycles. The summed E-state index contributed by atoms with van der Waals surface area (Å²) in [4.78, 5) is 4.12. The highest BCUT2D eigenvalue weighted by Gasteiger charge is 2.08. The number of nitrogens with zero attached hydrogens (tertiary/aromatic N) is 2. The van der Waals surface area contributed by atoms with E-state index < -0.39 is 0 Å². The summed E-state index contributed by atoms with van der Waals surface area (Å²) in [6.07, 6.45) is 1.64. The number of hydrogen-bond donors (Lipinski definition) is 1. The highest BCUT2D eigenvalue weighted by atomic mass is 35.5. The Morgan fingerprint density at radius 2 is 2.06 bits per heavy atom. The molecule has 80 valence electrons. The molecule has 0 aliphatic carbocycles. The van der Waals surface area contributed by atoms with Crippen molar-refractivity contribution in [3.63, 3.8) is 0 Å². The van der Waals surface area contributed by atoms with E-state index in [-0.39, 0.29) is 0 Å². The third kappa shape index (κ3) is 2.20. The summed E-state index contributed by atoms with van der Waals surface area (Å²) in [5, 5.41) is 12.9. The lowest BCUT2D eigenvalue weighted by molar-refractivity contribution is 0.319. The summed E-state index contributed by atoms with van der Waals surface area (Å²) in [6, 6.07) is 12.5. The molecule has 1 aromatic heterocycles. The maximum atomic E-state index is 9.03. The molecule has 1 heterocycles. The van der Waals surface area contributed by atoms with Gasteiger partial charge in [0.25, 0.3) is 0 Å².